The molecule has 1 aromatic carbocycles. The molecular weight excluding hydrogens is 240 g/mol. The number of hydrogen-bond acceptors (Lipinski definition) is 6. The summed E-state index contributed by atoms with van der Waals surface area (Å²) < 4.78 is 19.6. The lowest BCUT2D eigenvalue weighted by Crippen LogP contribution is -2.19. The summed E-state index contributed by atoms with van der Waals surface area (Å²) in [4.78, 5) is 22.4. The molecular formula is C12H12O6. The maximum atomic E-state index is 11.6. The second-order valence-electron chi connectivity index (χ2n) is 3.56. The quantitative estimate of drug-likeness (QED) is 0.736. The van der Waals surface area contributed by atoms with Crippen LogP contribution in [0.4, 0.5) is 0 Å². The number of ether oxygens (including phenoxy) is 4. The van der Waals surface area contributed by atoms with Crippen molar-refractivity contribution in [3.8, 4) is 5.75 Å². The second kappa shape index (κ2) is 5.50. The molecule has 0 amide bonds. The monoisotopic (exact) mass is 252 g/mol. The third-order valence-electron chi connectivity index (χ3n) is 2.33. The van der Waals surface area contributed by atoms with Crippen LogP contribution >= 0.6 is 0 Å². The third-order valence-corrected chi connectivity index (χ3v) is 2.33. The second-order valence-corrected chi connectivity index (χ2v) is 3.56. The van der Waals surface area contributed by atoms with Crippen LogP contribution in [0.15, 0.2) is 24.3 Å². The maximum absolute atomic E-state index is 11.6. The zero-order chi connectivity index (χ0) is 13.0. The molecule has 6 nitrogen and oxygen atoms in total. The zero-order valence-corrected chi connectivity index (χ0v) is 9.75. The average molecular weight is 252 g/mol. The van der Waals surface area contributed by atoms with Crippen LogP contribution in [0, 0.1) is 0 Å². The zero-order valence-electron chi connectivity index (χ0n) is 9.75. The molecule has 2 rings (SSSR count). The number of esters is 2. The van der Waals surface area contributed by atoms with Crippen molar-refractivity contribution in [1.29, 1.82) is 0 Å². The largest absolute Gasteiger partial charge is 0.497 e. The van der Waals surface area contributed by atoms with Crippen molar-refractivity contribution >= 4 is 11.9 Å². The molecule has 0 N–H and O–H groups in total. The van der Waals surface area contributed by atoms with E-state index in [0.29, 0.717) is 11.3 Å². The number of carbonyl (C=O) groups is 2. The molecule has 0 spiro atoms. The van der Waals surface area contributed by atoms with Gasteiger partial charge in [0.25, 0.3) is 0 Å². The highest BCUT2D eigenvalue weighted by atomic mass is 16.8. The first kappa shape index (κ1) is 12.4. The van der Waals surface area contributed by atoms with Gasteiger partial charge in [-0.2, -0.15) is 0 Å². The van der Waals surface area contributed by atoms with E-state index in [0.717, 1.165) is 0 Å². The number of carbonyl (C=O) groups excluding carboxylic acids is 2. The van der Waals surface area contributed by atoms with Crippen LogP contribution < -0.4 is 4.74 Å². The number of cyclic esters (lactones) is 1. The van der Waals surface area contributed by atoms with Gasteiger partial charge >= 0.3 is 11.9 Å². The van der Waals surface area contributed by atoms with E-state index in [1.807, 2.05) is 0 Å². The summed E-state index contributed by atoms with van der Waals surface area (Å²) in [6, 6.07) is 6.48. The standard InChI is InChI=1S/C12H12O6/c1-15-9-4-2-8(3-5-9)12(14)17-7-11-16-6-10(13)18-11/h2-5,11H,6-7H2,1H3. The Morgan fingerprint density at radius 3 is 2.67 bits per heavy atom. The Hall–Kier alpha value is -2.08. The summed E-state index contributed by atoms with van der Waals surface area (Å²) in [5.41, 5.74) is 0.389. The number of rotatable bonds is 4. The molecule has 0 aliphatic carbocycles. The fourth-order valence-electron chi connectivity index (χ4n) is 1.41. The Morgan fingerprint density at radius 2 is 2.11 bits per heavy atom. The van der Waals surface area contributed by atoms with Gasteiger partial charge < -0.3 is 18.9 Å². The number of benzene rings is 1. The Kier molecular flexibility index (Phi) is 3.78. The van der Waals surface area contributed by atoms with Gasteiger partial charge in [-0.15, -0.1) is 0 Å². The number of methoxy groups -OCH3 is 1. The Morgan fingerprint density at radius 1 is 1.39 bits per heavy atom. The molecule has 1 atom stereocenters. The Balaban J connectivity index is 1.85. The molecule has 1 aromatic rings. The molecule has 6 heteroatoms. The van der Waals surface area contributed by atoms with Crippen molar-refractivity contribution in [2.45, 2.75) is 6.29 Å². The summed E-state index contributed by atoms with van der Waals surface area (Å²) in [7, 11) is 1.54. The molecule has 1 aliphatic heterocycles. The topological polar surface area (TPSA) is 71.1 Å². The normalized spacial score (nSPS) is 18.3. The highest BCUT2D eigenvalue weighted by Crippen LogP contribution is 2.13. The molecule has 0 aromatic heterocycles. The van der Waals surface area contributed by atoms with Gasteiger partial charge in [0.15, 0.2) is 6.61 Å². The van der Waals surface area contributed by atoms with E-state index in [1.165, 1.54) is 0 Å². The predicted molar refractivity (Wildman–Crippen MR) is 59.1 cm³/mol. The summed E-state index contributed by atoms with van der Waals surface area (Å²) >= 11 is 0. The smallest absolute Gasteiger partial charge is 0.338 e. The fraction of sp³-hybridized carbons (Fsp3) is 0.333. The first-order chi connectivity index (χ1) is 8.69. The van der Waals surface area contributed by atoms with Gasteiger partial charge in [0.2, 0.25) is 6.29 Å². The molecule has 1 heterocycles. The van der Waals surface area contributed by atoms with Crippen LogP contribution in [-0.2, 0) is 19.0 Å². The van der Waals surface area contributed by atoms with Crippen molar-refractivity contribution in [1.82, 2.24) is 0 Å². The highest BCUT2D eigenvalue weighted by Gasteiger charge is 2.25. The van der Waals surface area contributed by atoms with Crippen molar-refractivity contribution < 1.29 is 28.5 Å². The van der Waals surface area contributed by atoms with E-state index in [4.69, 9.17) is 18.9 Å². The van der Waals surface area contributed by atoms with Crippen LogP contribution in [0.3, 0.4) is 0 Å². The predicted octanol–water partition coefficient (Wildman–Crippen LogP) is 0.751. The van der Waals surface area contributed by atoms with E-state index in [1.54, 1.807) is 31.4 Å². The lowest BCUT2D eigenvalue weighted by molar-refractivity contribution is -0.146. The lowest BCUT2D eigenvalue weighted by Gasteiger charge is -2.09. The number of hydrogen-bond donors (Lipinski definition) is 0. The van der Waals surface area contributed by atoms with Crippen molar-refractivity contribution in [2.24, 2.45) is 0 Å². The Labute approximate surface area is 103 Å². The molecule has 1 unspecified atom stereocenters. The Bertz CT molecular complexity index is 438. The molecule has 0 bridgehead atoms. The van der Waals surface area contributed by atoms with Gasteiger partial charge in [0.05, 0.1) is 12.7 Å². The molecule has 18 heavy (non-hydrogen) atoms. The van der Waals surface area contributed by atoms with Crippen LogP contribution in [0.5, 0.6) is 5.75 Å². The van der Waals surface area contributed by atoms with E-state index in [2.05, 4.69) is 0 Å². The molecule has 96 valence electrons. The van der Waals surface area contributed by atoms with E-state index in [9.17, 15) is 9.59 Å². The van der Waals surface area contributed by atoms with E-state index < -0.39 is 18.2 Å². The summed E-state index contributed by atoms with van der Waals surface area (Å²) in [5.74, 6) is -0.315. The first-order valence-electron chi connectivity index (χ1n) is 5.31. The summed E-state index contributed by atoms with van der Waals surface area (Å²) in [6.45, 7) is -0.221. The van der Waals surface area contributed by atoms with Crippen LogP contribution in [0.1, 0.15) is 10.4 Å². The summed E-state index contributed by atoms with van der Waals surface area (Å²) in [5, 5.41) is 0. The van der Waals surface area contributed by atoms with Gasteiger partial charge in [-0.1, -0.05) is 0 Å². The third kappa shape index (κ3) is 2.98. The molecule has 0 saturated carbocycles. The molecule has 1 aliphatic rings. The minimum atomic E-state index is -0.806. The minimum Gasteiger partial charge on any atom is -0.497 e. The van der Waals surface area contributed by atoms with Gasteiger partial charge in [0.1, 0.15) is 12.4 Å². The first-order valence-corrected chi connectivity index (χ1v) is 5.31. The van der Waals surface area contributed by atoms with E-state index >= 15 is 0 Å². The van der Waals surface area contributed by atoms with Crippen LogP contribution in [-0.4, -0.2) is 38.6 Å². The lowest BCUT2D eigenvalue weighted by atomic mass is 10.2. The molecule has 1 fully saturated rings. The van der Waals surface area contributed by atoms with Gasteiger partial charge in [-0.25, -0.2) is 9.59 Å². The maximum Gasteiger partial charge on any atom is 0.338 e. The van der Waals surface area contributed by atoms with Crippen LogP contribution in [0.2, 0.25) is 0 Å². The van der Waals surface area contributed by atoms with Gasteiger partial charge in [-0.3, -0.25) is 0 Å². The van der Waals surface area contributed by atoms with E-state index in [-0.39, 0.29) is 13.2 Å². The van der Waals surface area contributed by atoms with Gasteiger partial charge in [0, 0.05) is 0 Å². The molecule has 0 radical (unpaired) electrons. The highest BCUT2D eigenvalue weighted by molar-refractivity contribution is 5.89. The molecule has 1 saturated heterocycles. The van der Waals surface area contributed by atoms with Gasteiger partial charge in [-0.05, 0) is 24.3 Å². The van der Waals surface area contributed by atoms with Crippen molar-refractivity contribution in [3.63, 3.8) is 0 Å². The van der Waals surface area contributed by atoms with Crippen molar-refractivity contribution in [2.75, 3.05) is 20.3 Å². The average Bonchev–Trinajstić information content (AvgIpc) is 2.82. The van der Waals surface area contributed by atoms with Crippen LogP contribution in [0.25, 0.3) is 0 Å². The van der Waals surface area contributed by atoms with Crippen molar-refractivity contribution in [3.05, 3.63) is 29.8 Å². The summed E-state index contributed by atoms with van der Waals surface area (Å²) in [6.07, 6.45) is -0.806. The minimum absolute atomic E-state index is 0.106. The fourth-order valence-corrected chi connectivity index (χ4v) is 1.41. The SMILES string of the molecule is COc1ccc(C(=O)OCC2OCC(=O)O2)cc1.